The third-order valence-corrected chi connectivity index (χ3v) is 5.24. The SMILES string of the molecule is c1ccc(COc2c(-c3ccccc3)[o+]c3ccccc3c2OCc2ccccc2)cc1. The van der Waals surface area contributed by atoms with Crippen LogP contribution >= 0.6 is 0 Å². The third kappa shape index (κ3) is 4.33. The first-order chi connectivity index (χ1) is 15.9. The highest BCUT2D eigenvalue weighted by atomic mass is 16.5. The van der Waals surface area contributed by atoms with Crippen LogP contribution in [0.25, 0.3) is 22.3 Å². The zero-order valence-corrected chi connectivity index (χ0v) is 17.6. The number of benzene rings is 4. The Hall–Kier alpha value is -4.11. The molecule has 5 rings (SSSR count). The van der Waals surface area contributed by atoms with Crippen LogP contribution in [0.2, 0.25) is 0 Å². The van der Waals surface area contributed by atoms with Gasteiger partial charge in [0.25, 0.3) is 5.75 Å². The van der Waals surface area contributed by atoms with Crippen LogP contribution < -0.4 is 9.47 Å². The summed E-state index contributed by atoms with van der Waals surface area (Å²) in [4.78, 5) is 0. The maximum atomic E-state index is 6.40. The van der Waals surface area contributed by atoms with Crippen LogP contribution in [0.1, 0.15) is 11.1 Å². The molecule has 3 nitrogen and oxygen atoms in total. The molecule has 0 saturated heterocycles. The number of para-hydroxylation sites is 1. The van der Waals surface area contributed by atoms with Crippen LogP contribution in [0.5, 0.6) is 11.5 Å². The van der Waals surface area contributed by atoms with Crippen molar-refractivity contribution in [1.29, 1.82) is 0 Å². The Bertz CT molecular complexity index is 1300. The van der Waals surface area contributed by atoms with Crippen molar-refractivity contribution in [2.45, 2.75) is 13.2 Å². The molecule has 0 bridgehead atoms. The Morgan fingerprint density at radius 1 is 0.500 bits per heavy atom. The van der Waals surface area contributed by atoms with Gasteiger partial charge in [-0.3, -0.25) is 0 Å². The lowest BCUT2D eigenvalue weighted by atomic mass is 10.1. The summed E-state index contributed by atoms with van der Waals surface area (Å²) in [5.41, 5.74) is 3.86. The van der Waals surface area contributed by atoms with Crippen molar-refractivity contribution in [3.05, 3.63) is 126 Å². The fourth-order valence-corrected chi connectivity index (χ4v) is 3.64. The Morgan fingerprint density at radius 3 is 1.62 bits per heavy atom. The van der Waals surface area contributed by atoms with E-state index >= 15 is 0 Å². The number of ether oxygens (including phenoxy) is 2. The van der Waals surface area contributed by atoms with E-state index in [4.69, 9.17) is 13.9 Å². The maximum absolute atomic E-state index is 6.40. The van der Waals surface area contributed by atoms with E-state index in [9.17, 15) is 0 Å². The zero-order valence-electron chi connectivity index (χ0n) is 17.6. The van der Waals surface area contributed by atoms with Crippen molar-refractivity contribution < 1.29 is 13.9 Å². The van der Waals surface area contributed by atoms with Crippen molar-refractivity contribution in [3.63, 3.8) is 0 Å². The van der Waals surface area contributed by atoms with Gasteiger partial charge in [-0.05, 0) is 29.3 Å². The molecule has 0 fully saturated rings. The molecule has 0 aliphatic rings. The molecule has 0 atom stereocenters. The molecule has 0 unspecified atom stereocenters. The highest BCUT2D eigenvalue weighted by Crippen LogP contribution is 2.44. The molecule has 4 aromatic carbocycles. The van der Waals surface area contributed by atoms with E-state index in [-0.39, 0.29) is 0 Å². The summed E-state index contributed by atoms with van der Waals surface area (Å²) in [6.45, 7) is 0.848. The topological polar surface area (TPSA) is 29.8 Å². The molecule has 1 aromatic heterocycles. The minimum Gasteiger partial charge on any atom is -0.484 e. The van der Waals surface area contributed by atoms with Gasteiger partial charge in [0, 0.05) is 6.07 Å². The fraction of sp³-hybridized carbons (Fsp3) is 0.0690. The molecule has 0 amide bonds. The molecule has 0 aliphatic carbocycles. The molecule has 3 heteroatoms. The molecule has 5 aromatic rings. The molecule has 0 N–H and O–H groups in total. The maximum Gasteiger partial charge on any atom is 0.406 e. The first-order valence-electron chi connectivity index (χ1n) is 10.7. The van der Waals surface area contributed by atoms with Gasteiger partial charge >= 0.3 is 11.3 Å². The van der Waals surface area contributed by atoms with Crippen LogP contribution in [0.15, 0.2) is 120 Å². The van der Waals surface area contributed by atoms with E-state index < -0.39 is 0 Å². The lowest BCUT2D eigenvalue weighted by Gasteiger charge is -2.13. The van der Waals surface area contributed by atoms with Gasteiger partial charge in [0.2, 0.25) is 0 Å². The molecule has 0 spiro atoms. The van der Waals surface area contributed by atoms with Gasteiger partial charge in [-0.1, -0.05) is 91.0 Å². The van der Waals surface area contributed by atoms with Gasteiger partial charge in [0.15, 0.2) is 5.75 Å². The molecule has 32 heavy (non-hydrogen) atoms. The average molecular weight is 420 g/mol. The molecule has 0 radical (unpaired) electrons. The lowest BCUT2D eigenvalue weighted by Crippen LogP contribution is -2.03. The summed E-state index contributed by atoms with van der Waals surface area (Å²) >= 11 is 0. The largest absolute Gasteiger partial charge is 0.484 e. The van der Waals surface area contributed by atoms with Crippen LogP contribution in [0.3, 0.4) is 0 Å². The average Bonchev–Trinajstić information content (AvgIpc) is 2.87. The predicted octanol–water partition coefficient (Wildman–Crippen LogP) is 7.54. The van der Waals surface area contributed by atoms with Gasteiger partial charge in [0.1, 0.15) is 18.6 Å². The molecule has 0 aliphatic heterocycles. The van der Waals surface area contributed by atoms with E-state index in [2.05, 4.69) is 12.1 Å². The van der Waals surface area contributed by atoms with E-state index in [1.54, 1.807) is 0 Å². The zero-order chi connectivity index (χ0) is 21.6. The third-order valence-electron chi connectivity index (χ3n) is 5.24. The van der Waals surface area contributed by atoms with Gasteiger partial charge in [-0.25, -0.2) is 4.42 Å². The second kappa shape index (κ2) is 9.36. The van der Waals surface area contributed by atoms with Crippen molar-refractivity contribution in [2.24, 2.45) is 0 Å². The number of rotatable bonds is 7. The number of hydrogen-bond acceptors (Lipinski definition) is 2. The monoisotopic (exact) mass is 419 g/mol. The van der Waals surface area contributed by atoms with E-state index in [0.717, 1.165) is 27.7 Å². The number of hydrogen-bond donors (Lipinski definition) is 0. The Labute approximate surface area is 187 Å². The summed E-state index contributed by atoms with van der Waals surface area (Å²) < 4.78 is 19.1. The highest BCUT2D eigenvalue weighted by Gasteiger charge is 2.30. The standard InChI is InChI=1S/C29H23O3/c1-4-12-22(13-5-1)20-30-28-25-18-10-11-19-26(25)32-27(24-16-8-3-9-17-24)29(28)31-21-23-14-6-2-7-15-23/h1-19H,20-21H2/q+1. The summed E-state index contributed by atoms with van der Waals surface area (Å²) in [6.07, 6.45) is 0. The molecule has 1 heterocycles. The van der Waals surface area contributed by atoms with Crippen LogP contribution in [0.4, 0.5) is 0 Å². The van der Waals surface area contributed by atoms with Crippen LogP contribution in [-0.2, 0) is 13.2 Å². The summed E-state index contributed by atoms with van der Waals surface area (Å²) in [5, 5.41) is 0.881. The Kier molecular flexibility index (Phi) is 5.80. The normalized spacial score (nSPS) is 10.8. The van der Waals surface area contributed by atoms with Crippen molar-refractivity contribution in [2.75, 3.05) is 0 Å². The van der Waals surface area contributed by atoms with E-state index in [1.165, 1.54) is 0 Å². The second-order valence-corrected chi connectivity index (χ2v) is 7.50. The highest BCUT2D eigenvalue weighted by molar-refractivity contribution is 5.89. The number of fused-ring (bicyclic) bond motifs is 1. The van der Waals surface area contributed by atoms with E-state index in [1.807, 2.05) is 103 Å². The van der Waals surface area contributed by atoms with Crippen molar-refractivity contribution in [3.8, 4) is 22.8 Å². The minimum atomic E-state index is 0.413. The van der Waals surface area contributed by atoms with Gasteiger partial charge in [0.05, 0.1) is 5.56 Å². The Morgan fingerprint density at radius 2 is 1.00 bits per heavy atom. The first kappa shape index (κ1) is 19.8. The molecular formula is C29H23O3+. The quantitative estimate of drug-likeness (QED) is 0.255. The summed E-state index contributed by atoms with van der Waals surface area (Å²) in [6, 6.07) is 38.2. The van der Waals surface area contributed by atoms with Gasteiger partial charge in [-0.2, -0.15) is 0 Å². The van der Waals surface area contributed by atoms with Crippen LogP contribution in [-0.4, -0.2) is 0 Å². The molecule has 156 valence electrons. The van der Waals surface area contributed by atoms with Gasteiger partial charge in [-0.15, -0.1) is 0 Å². The summed E-state index contributed by atoms with van der Waals surface area (Å²) in [5.74, 6) is 1.95. The van der Waals surface area contributed by atoms with Crippen LogP contribution in [0, 0.1) is 0 Å². The molecular weight excluding hydrogens is 396 g/mol. The smallest absolute Gasteiger partial charge is 0.406 e. The molecule has 0 saturated carbocycles. The second-order valence-electron chi connectivity index (χ2n) is 7.50. The summed E-state index contributed by atoms with van der Waals surface area (Å²) in [7, 11) is 0. The van der Waals surface area contributed by atoms with E-state index in [0.29, 0.717) is 30.5 Å². The fourth-order valence-electron chi connectivity index (χ4n) is 3.64. The van der Waals surface area contributed by atoms with Gasteiger partial charge < -0.3 is 9.47 Å². The first-order valence-corrected chi connectivity index (χ1v) is 10.7. The van der Waals surface area contributed by atoms with Crippen molar-refractivity contribution in [1.82, 2.24) is 0 Å². The van der Waals surface area contributed by atoms with Crippen molar-refractivity contribution >= 4 is 11.0 Å². The predicted molar refractivity (Wildman–Crippen MR) is 128 cm³/mol. The lowest BCUT2D eigenvalue weighted by molar-refractivity contribution is 0.254. The minimum absolute atomic E-state index is 0.413. The Balaban J connectivity index is 1.63.